The topological polar surface area (TPSA) is 433 Å². The van der Waals surface area contributed by atoms with Gasteiger partial charge in [0.25, 0.3) is 0 Å². The SMILES string of the molecule is N[C@H]1C(O)O[C@H](CO)[C@@H](O[C@H]2O[C@H](CO[C@H]3O[C@H](CO)[C@@H](O)[C@H](O)[C@@H]3O[C@H]3O[C@H](CO)[C@@H](O)[C@H](O)[C@@H]3O)[C@@H](O)[C@H](O[C@H]3O[C@H](CO)[C@@H](O)[C@H](O)[C@@H]3O)[C@@H]2O)[C@@H]1O. The number of rotatable bonds is 13. The molecule has 0 saturated carbocycles. The largest absolute Gasteiger partial charge is 0.394 e. The number of ether oxygens (including phenoxy) is 9. The number of aliphatic hydroxyl groups excluding tert-OH is 16. The first kappa shape index (κ1) is 46.0. The summed E-state index contributed by atoms with van der Waals surface area (Å²) in [5, 5.41) is 166. The van der Waals surface area contributed by atoms with Crippen molar-refractivity contribution in [2.45, 2.75) is 153 Å². The van der Waals surface area contributed by atoms with Gasteiger partial charge in [-0.15, -0.1) is 0 Å². The molecule has 5 aliphatic heterocycles. The van der Waals surface area contributed by atoms with E-state index in [2.05, 4.69) is 0 Å². The Hall–Kier alpha value is -1.04. The molecule has 26 nitrogen and oxygen atoms in total. The summed E-state index contributed by atoms with van der Waals surface area (Å²) in [5.41, 5.74) is 5.80. The number of hydrogen-bond acceptors (Lipinski definition) is 26. The molecule has 5 saturated heterocycles. The van der Waals surface area contributed by atoms with Crippen molar-refractivity contribution in [2.75, 3.05) is 33.0 Å². The second kappa shape index (κ2) is 19.6. The van der Waals surface area contributed by atoms with Crippen molar-refractivity contribution >= 4 is 0 Å². The van der Waals surface area contributed by atoms with Crippen LogP contribution in [0, 0.1) is 0 Å². The van der Waals surface area contributed by atoms with Crippen LogP contribution < -0.4 is 5.73 Å². The maximum atomic E-state index is 11.5. The lowest BCUT2D eigenvalue weighted by Crippen LogP contribution is -2.68. The van der Waals surface area contributed by atoms with E-state index in [-0.39, 0.29) is 0 Å². The Morgan fingerprint density at radius 3 is 1.27 bits per heavy atom. The normalized spacial score (nSPS) is 53.2. The molecule has 0 aromatic heterocycles. The Morgan fingerprint density at radius 2 is 0.768 bits per heavy atom. The first-order valence-electron chi connectivity index (χ1n) is 17.7. The molecule has 0 amide bonds. The van der Waals surface area contributed by atoms with Crippen LogP contribution in [0.4, 0.5) is 0 Å². The molecule has 5 rings (SSSR count). The number of hydrogen-bond donors (Lipinski definition) is 17. The lowest BCUT2D eigenvalue weighted by Gasteiger charge is -2.49. The van der Waals surface area contributed by atoms with E-state index in [4.69, 9.17) is 48.4 Å². The van der Waals surface area contributed by atoms with Crippen molar-refractivity contribution in [1.29, 1.82) is 0 Å². The van der Waals surface area contributed by atoms with Gasteiger partial charge in [0, 0.05) is 0 Å². The summed E-state index contributed by atoms with van der Waals surface area (Å²) in [4.78, 5) is 0. The minimum absolute atomic E-state index is 0.850. The molecule has 0 radical (unpaired) electrons. The molecule has 1 unspecified atom stereocenters. The van der Waals surface area contributed by atoms with Crippen LogP contribution in [0.2, 0.25) is 0 Å². The molecule has 56 heavy (non-hydrogen) atoms. The van der Waals surface area contributed by atoms with Crippen LogP contribution in [0.15, 0.2) is 0 Å². The van der Waals surface area contributed by atoms with E-state index in [9.17, 15) is 81.7 Å². The standard InChI is InChI=1S/C30H53NO25/c31-11-16(40)23(9(4-35)49-26(11)47)54-29-22(46)24(55-27-20(44)17(41)12(36)6(1-32)50-27)15(39)10(53-29)5-48-30-25(19(43)14(38)8(3-34)52-30)56-28-21(45)18(42)13(37)7(2-33)51-28/h6-30,32-47H,1-5,31H2/t6-,7-,8-,9-,10-,11-,12-,13-,14-,15-,16-,17+,18+,19+,20+,21+,22+,23-,24+,25+,26?,27-,28-,29-,30+/m1/s1. The van der Waals surface area contributed by atoms with Crippen molar-refractivity contribution in [3.8, 4) is 0 Å². The van der Waals surface area contributed by atoms with Gasteiger partial charge < -0.3 is 130 Å². The first-order valence-corrected chi connectivity index (χ1v) is 17.7. The fourth-order valence-electron chi connectivity index (χ4n) is 6.93. The van der Waals surface area contributed by atoms with Gasteiger partial charge in [0.05, 0.1) is 39.1 Å². The molecule has 5 aliphatic rings. The molecule has 328 valence electrons. The van der Waals surface area contributed by atoms with Crippen LogP contribution >= 0.6 is 0 Å². The molecular formula is C30H53NO25. The second-order valence-corrected chi connectivity index (χ2v) is 14.1. The van der Waals surface area contributed by atoms with Gasteiger partial charge in [-0.1, -0.05) is 0 Å². The fourth-order valence-corrected chi connectivity index (χ4v) is 6.93. The molecule has 0 aliphatic carbocycles. The summed E-state index contributed by atoms with van der Waals surface area (Å²) in [6, 6.07) is -1.50. The van der Waals surface area contributed by atoms with Crippen molar-refractivity contribution in [1.82, 2.24) is 0 Å². The third-order valence-electron chi connectivity index (χ3n) is 10.4. The molecule has 26 heteroatoms. The zero-order chi connectivity index (χ0) is 41.3. The van der Waals surface area contributed by atoms with Crippen molar-refractivity contribution in [3.63, 3.8) is 0 Å². The zero-order valence-corrected chi connectivity index (χ0v) is 29.4. The van der Waals surface area contributed by atoms with Gasteiger partial charge >= 0.3 is 0 Å². The van der Waals surface area contributed by atoms with Gasteiger partial charge in [-0.2, -0.15) is 0 Å². The predicted octanol–water partition coefficient (Wildman–Crippen LogP) is -12.0. The van der Waals surface area contributed by atoms with Crippen LogP contribution in [0.25, 0.3) is 0 Å². The smallest absolute Gasteiger partial charge is 0.187 e. The van der Waals surface area contributed by atoms with E-state index < -0.39 is 187 Å². The lowest BCUT2D eigenvalue weighted by atomic mass is 9.95. The van der Waals surface area contributed by atoms with Gasteiger partial charge in [-0.25, -0.2) is 0 Å². The van der Waals surface area contributed by atoms with Crippen LogP contribution in [0.5, 0.6) is 0 Å². The summed E-state index contributed by atoms with van der Waals surface area (Å²) in [7, 11) is 0. The molecule has 0 spiro atoms. The summed E-state index contributed by atoms with van der Waals surface area (Å²) in [6.07, 6.45) is -43.8. The molecule has 0 aromatic carbocycles. The summed E-state index contributed by atoms with van der Waals surface area (Å²) in [6.45, 7) is -4.34. The molecule has 0 aromatic rings. The van der Waals surface area contributed by atoms with Crippen LogP contribution in [0.1, 0.15) is 0 Å². The first-order chi connectivity index (χ1) is 26.5. The quantitative estimate of drug-likeness (QED) is 0.0819. The van der Waals surface area contributed by atoms with E-state index in [1.807, 2.05) is 0 Å². The van der Waals surface area contributed by atoms with E-state index in [1.165, 1.54) is 0 Å². The van der Waals surface area contributed by atoms with Crippen LogP contribution in [-0.2, 0) is 42.6 Å². The third-order valence-corrected chi connectivity index (χ3v) is 10.4. The van der Waals surface area contributed by atoms with Gasteiger partial charge in [-0.05, 0) is 0 Å². The summed E-state index contributed by atoms with van der Waals surface area (Å²) in [5.74, 6) is 0. The highest BCUT2D eigenvalue weighted by atomic mass is 16.8. The minimum Gasteiger partial charge on any atom is -0.394 e. The Balaban J connectivity index is 1.40. The molecule has 25 atom stereocenters. The summed E-state index contributed by atoms with van der Waals surface area (Å²) < 4.78 is 50.1. The maximum Gasteiger partial charge on any atom is 0.187 e. The lowest BCUT2D eigenvalue weighted by molar-refractivity contribution is -0.386. The summed E-state index contributed by atoms with van der Waals surface area (Å²) >= 11 is 0. The minimum atomic E-state index is -2.10. The Bertz CT molecular complexity index is 1210. The zero-order valence-electron chi connectivity index (χ0n) is 29.4. The average Bonchev–Trinajstić information content (AvgIpc) is 3.19. The molecule has 5 fully saturated rings. The van der Waals surface area contributed by atoms with E-state index in [0.29, 0.717) is 0 Å². The second-order valence-electron chi connectivity index (χ2n) is 14.1. The van der Waals surface area contributed by atoms with Crippen molar-refractivity contribution in [2.24, 2.45) is 5.73 Å². The highest BCUT2D eigenvalue weighted by molar-refractivity contribution is 4.98. The van der Waals surface area contributed by atoms with Crippen molar-refractivity contribution < 1.29 is 124 Å². The fraction of sp³-hybridized carbons (Fsp3) is 1.00. The van der Waals surface area contributed by atoms with Gasteiger partial charge in [0.1, 0.15) is 116 Å². The Kier molecular flexibility index (Phi) is 16.1. The van der Waals surface area contributed by atoms with Crippen LogP contribution in [-0.4, -0.2) is 268 Å². The van der Waals surface area contributed by atoms with Crippen molar-refractivity contribution in [3.05, 3.63) is 0 Å². The number of nitrogens with two attached hydrogens (primary N) is 1. The van der Waals surface area contributed by atoms with Gasteiger partial charge in [0.15, 0.2) is 31.5 Å². The monoisotopic (exact) mass is 827 g/mol. The highest BCUT2D eigenvalue weighted by Gasteiger charge is 2.55. The average molecular weight is 828 g/mol. The van der Waals surface area contributed by atoms with Crippen LogP contribution in [0.3, 0.4) is 0 Å². The van der Waals surface area contributed by atoms with E-state index in [1.54, 1.807) is 0 Å². The molecule has 5 heterocycles. The van der Waals surface area contributed by atoms with E-state index in [0.717, 1.165) is 0 Å². The Labute approximate surface area is 316 Å². The highest BCUT2D eigenvalue weighted by Crippen LogP contribution is 2.34. The Morgan fingerprint density at radius 1 is 0.357 bits per heavy atom. The third kappa shape index (κ3) is 9.31. The van der Waals surface area contributed by atoms with Gasteiger partial charge in [-0.3, -0.25) is 0 Å². The molecule has 18 N–H and O–H groups in total. The van der Waals surface area contributed by atoms with E-state index >= 15 is 0 Å². The molecule has 0 bridgehead atoms. The predicted molar refractivity (Wildman–Crippen MR) is 168 cm³/mol. The van der Waals surface area contributed by atoms with Gasteiger partial charge in [0.2, 0.25) is 0 Å². The molecular weight excluding hydrogens is 774 g/mol. The number of aliphatic hydroxyl groups is 16. The maximum absolute atomic E-state index is 11.5.